The molecular weight excluding hydrogens is 611 g/mol. The first-order valence-corrected chi connectivity index (χ1v) is 16.3. The van der Waals surface area contributed by atoms with Crippen molar-refractivity contribution in [2.75, 3.05) is 0 Å². The van der Waals surface area contributed by atoms with E-state index >= 15 is 0 Å². The summed E-state index contributed by atoms with van der Waals surface area (Å²) in [5, 5.41) is 23.7. The van der Waals surface area contributed by atoms with Gasteiger partial charge in [-0.25, -0.2) is 4.85 Å². The van der Waals surface area contributed by atoms with Crippen molar-refractivity contribution in [1.29, 1.82) is 10.5 Å². The molecule has 0 atom stereocenters. The molecule has 0 saturated heterocycles. The monoisotopic (exact) mass is 635 g/mol. The van der Waals surface area contributed by atoms with E-state index in [0.29, 0.717) is 16.8 Å². The summed E-state index contributed by atoms with van der Waals surface area (Å²) < 4.78 is 4.44. The topological polar surface area (TPSA) is 61.8 Å². The van der Waals surface area contributed by atoms with Gasteiger partial charge in [0.25, 0.3) is 0 Å². The molecule has 0 spiro atoms. The fraction of sp³-hybridized carbons (Fsp3) is 0. The molecule has 0 fully saturated rings. The Labute approximate surface area is 288 Å². The number of nitrogens with zero attached hydrogens (tertiary/aromatic N) is 5. The Hall–Kier alpha value is -7.39. The lowest BCUT2D eigenvalue weighted by molar-refractivity contribution is 1.18. The summed E-state index contributed by atoms with van der Waals surface area (Å²) in [5.74, 6) is 0. The van der Waals surface area contributed by atoms with E-state index in [2.05, 4.69) is 92.8 Å². The van der Waals surface area contributed by atoms with Gasteiger partial charge in [0.1, 0.15) is 0 Å². The number of aromatic nitrogens is 2. The molecule has 0 radical (unpaired) electrons. The van der Waals surface area contributed by atoms with E-state index in [1.807, 2.05) is 84.9 Å². The highest BCUT2D eigenvalue weighted by Crippen LogP contribution is 2.42. The maximum atomic E-state index is 10.0. The Bertz CT molecular complexity index is 2960. The van der Waals surface area contributed by atoms with Gasteiger partial charge in [-0.1, -0.05) is 91.0 Å². The number of para-hydroxylation sites is 2. The molecular formula is C45H25N5. The van der Waals surface area contributed by atoms with Crippen molar-refractivity contribution in [2.24, 2.45) is 0 Å². The average molecular weight is 636 g/mol. The van der Waals surface area contributed by atoms with Gasteiger partial charge < -0.3 is 9.13 Å². The Kier molecular flexibility index (Phi) is 6.56. The summed E-state index contributed by atoms with van der Waals surface area (Å²) in [6, 6.07) is 55.7. The number of hydrogen-bond acceptors (Lipinski definition) is 2. The van der Waals surface area contributed by atoms with Crippen molar-refractivity contribution in [3.63, 3.8) is 0 Å². The second kappa shape index (κ2) is 11.4. The minimum Gasteiger partial charge on any atom is -0.310 e. The van der Waals surface area contributed by atoms with Crippen LogP contribution in [-0.4, -0.2) is 9.13 Å². The summed E-state index contributed by atoms with van der Waals surface area (Å²) >= 11 is 0. The van der Waals surface area contributed by atoms with E-state index in [1.54, 1.807) is 0 Å². The molecule has 0 aliphatic heterocycles. The molecule has 7 aromatic carbocycles. The third-order valence-corrected chi connectivity index (χ3v) is 9.62. The quantitative estimate of drug-likeness (QED) is 0.181. The lowest BCUT2D eigenvalue weighted by Gasteiger charge is -2.18. The van der Waals surface area contributed by atoms with Gasteiger partial charge in [-0.2, -0.15) is 10.5 Å². The van der Waals surface area contributed by atoms with Crippen LogP contribution in [0.25, 0.3) is 82.1 Å². The van der Waals surface area contributed by atoms with Gasteiger partial charge in [-0.05, 0) is 77.4 Å². The largest absolute Gasteiger partial charge is 0.310 e. The number of fused-ring (bicyclic) bond motifs is 6. The Morgan fingerprint density at radius 3 is 1.94 bits per heavy atom. The molecule has 9 rings (SSSR count). The van der Waals surface area contributed by atoms with Gasteiger partial charge in [0.05, 0.1) is 51.9 Å². The molecule has 9 aromatic rings. The van der Waals surface area contributed by atoms with Crippen molar-refractivity contribution in [3.8, 4) is 45.8 Å². The van der Waals surface area contributed by atoms with Crippen LogP contribution in [0.3, 0.4) is 0 Å². The Morgan fingerprint density at radius 2 is 1.18 bits per heavy atom. The van der Waals surface area contributed by atoms with Crippen LogP contribution < -0.4 is 0 Å². The van der Waals surface area contributed by atoms with Crippen LogP contribution in [-0.2, 0) is 0 Å². The maximum absolute atomic E-state index is 10.0. The Balaban J connectivity index is 1.23. The molecule has 0 aliphatic rings. The van der Waals surface area contributed by atoms with E-state index in [9.17, 15) is 10.5 Å². The highest BCUT2D eigenvalue weighted by molar-refractivity contribution is 6.13. The van der Waals surface area contributed by atoms with Crippen molar-refractivity contribution in [3.05, 3.63) is 174 Å². The van der Waals surface area contributed by atoms with Crippen molar-refractivity contribution in [2.45, 2.75) is 0 Å². The van der Waals surface area contributed by atoms with Gasteiger partial charge in [-0.3, -0.25) is 0 Å². The lowest BCUT2D eigenvalue weighted by Crippen LogP contribution is -1.98. The normalized spacial score (nSPS) is 11.1. The first-order chi connectivity index (χ1) is 24.7. The van der Waals surface area contributed by atoms with Crippen LogP contribution in [0.15, 0.2) is 152 Å². The van der Waals surface area contributed by atoms with Crippen molar-refractivity contribution < 1.29 is 0 Å². The molecule has 50 heavy (non-hydrogen) atoms. The van der Waals surface area contributed by atoms with Crippen molar-refractivity contribution in [1.82, 2.24) is 9.13 Å². The molecule has 2 heterocycles. The second-order valence-electron chi connectivity index (χ2n) is 12.3. The summed E-state index contributed by atoms with van der Waals surface area (Å²) in [4.78, 5) is 3.80. The molecule has 230 valence electrons. The summed E-state index contributed by atoms with van der Waals surface area (Å²) in [6.07, 6.45) is 0. The molecule has 2 aromatic heterocycles. The van der Waals surface area contributed by atoms with Crippen LogP contribution >= 0.6 is 0 Å². The lowest BCUT2D eigenvalue weighted by atomic mass is 9.93. The third-order valence-electron chi connectivity index (χ3n) is 9.62. The van der Waals surface area contributed by atoms with Crippen LogP contribution in [0.2, 0.25) is 0 Å². The van der Waals surface area contributed by atoms with Gasteiger partial charge in [-0.15, -0.1) is 0 Å². The predicted molar refractivity (Wildman–Crippen MR) is 202 cm³/mol. The highest BCUT2D eigenvalue weighted by atomic mass is 15.0. The smallest absolute Gasteiger partial charge is 0.189 e. The molecule has 5 nitrogen and oxygen atoms in total. The minimum absolute atomic E-state index is 0.543. The van der Waals surface area contributed by atoms with E-state index < -0.39 is 0 Å². The Morgan fingerprint density at radius 1 is 0.500 bits per heavy atom. The summed E-state index contributed by atoms with van der Waals surface area (Å²) in [5.41, 5.74) is 11.9. The van der Waals surface area contributed by atoms with Crippen LogP contribution in [0, 0.1) is 29.2 Å². The number of nitriles is 2. The molecule has 0 N–H and O–H groups in total. The average Bonchev–Trinajstić information content (AvgIpc) is 3.70. The van der Waals surface area contributed by atoms with Crippen LogP contribution in [0.1, 0.15) is 11.1 Å². The zero-order valence-corrected chi connectivity index (χ0v) is 26.7. The summed E-state index contributed by atoms with van der Waals surface area (Å²) in [6.45, 7) is 7.86. The molecule has 5 heteroatoms. The highest BCUT2D eigenvalue weighted by Gasteiger charge is 2.20. The fourth-order valence-corrected chi connectivity index (χ4v) is 7.45. The third kappa shape index (κ3) is 4.31. The van der Waals surface area contributed by atoms with Gasteiger partial charge in [0, 0.05) is 38.5 Å². The van der Waals surface area contributed by atoms with E-state index in [0.717, 1.165) is 77.2 Å². The van der Waals surface area contributed by atoms with Crippen molar-refractivity contribution >= 4 is 49.3 Å². The zero-order chi connectivity index (χ0) is 33.8. The van der Waals surface area contributed by atoms with Gasteiger partial charge >= 0.3 is 0 Å². The second-order valence-corrected chi connectivity index (χ2v) is 12.3. The molecule has 0 aliphatic carbocycles. The van der Waals surface area contributed by atoms with Crippen LogP contribution in [0.5, 0.6) is 0 Å². The van der Waals surface area contributed by atoms with E-state index in [4.69, 9.17) is 6.57 Å². The number of benzene rings is 7. The summed E-state index contributed by atoms with van der Waals surface area (Å²) in [7, 11) is 0. The first kappa shape index (κ1) is 28.8. The number of rotatable bonds is 4. The maximum Gasteiger partial charge on any atom is 0.189 e. The van der Waals surface area contributed by atoms with E-state index in [1.165, 1.54) is 0 Å². The molecule has 0 bridgehead atoms. The molecule has 0 saturated carbocycles. The van der Waals surface area contributed by atoms with Gasteiger partial charge in [0.15, 0.2) is 5.69 Å². The van der Waals surface area contributed by atoms with Gasteiger partial charge in [0.2, 0.25) is 0 Å². The molecule has 0 amide bonds. The predicted octanol–water partition coefficient (Wildman–Crippen LogP) is 11.5. The standard InChI is InChI=1S/C45H25N5/c1-48-32-20-23-37(44(26-32)50-41-15-7-5-13-38(41)45-31(28-47)9-8-16-43(45)50)35-11-3-2-10-34(35)30-18-21-33(22-19-30)49-40-14-6-4-12-36(40)39-25-29(27-46)17-24-42(39)49/h2-26H. The van der Waals surface area contributed by atoms with E-state index in [-0.39, 0.29) is 0 Å². The first-order valence-electron chi connectivity index (χ1n) is 16.3. The van der Waals surface area contributed by atoms with Crippen LogP contribution in [0.4, 0.5) is 5.69 Å². The fourth-order valence-electron chi connectivity index (χ4n) is 7.45. The number of hydrogen-bond donors (Lipinski definition) is 0. The molecule has 0 unspecified atom stereocenters. The zero-order valence-electron chi connectivity index (χ0n) is 26.7. The minimum atomic E-state index is 0.543. The SMILES string of the molecule is [C-]#[N+]c1ccc(-c2ccccc2-c2ccc(-n3c4ccccc4c4cc(C#N)ccc43)cc2)c(-n2c3ccccc3c3c(C#N)cccc32)c1.